The number of nitrogens with one attached hydrogen (secondary N) is 2. The molecular formula is C9H16ClN3O2. The Labute approximate surface area is 94.6 Å². The molecule has 1 saturated carbocycles. The minimum Gasteiger partial charge on any atom is -0.368 e. The molecule has 0 spiro atoms. The average molecular weight is 234 g/mol. The number of halogens is 1. The molecule has 0 radical (unpaired) electrons. The first-order valence-electron chi connectivity index (χ1n) is 4.93. The van der Waals surface area contributed by atoms with E-state index in [0.717, 1.165) is 6.42 Å². The van der Waals surface area contributed by atoms with Crippen molar-refractivity contribution < 1.29 is 9.59 Å². The molecular weight excluding hydrogens is 218 g/mol. The van der Waals surface area contributed by atoms with Gasteiger partial charge in [-0.25, -0.2) is 0 Å². The van der Waals surface area contributed by atoms with Gasteiger partial charge in [0.15, 0.2) is 0 Å². The van der Waals surface area contributed by atoms with Crippen molar-refractivity contribution in [1.82, 2.24) is 10.6 Å². The van der Waals surface area contributed by atoms with Crippen molar-refractivity contribution in [2.45, 2.75) is 37.9 Å². The molecule has 6 heteroatoms. The van der Waals surface area contributed by atoms with Crippen molar-refractivity contribution >= 4 is 24.2 Å². The summed E-state index contributed by atoms with van der Waals surface area (Å²) >= 11 is 0. The predicted octanol–water partition coefficient (Wildman–Crippen LogP) is -0.851. The summed E-state index contributed by atoms with van der Waals surface area (Å²) in [5, 5.41) is 5.79. The van der Waals surface area contributed by atoms with Crippen LogP contribution in [0, 0.1) is 5.92 Å². The Morgan fingerprint density at radius 3 is 2.60 bits per heavy atom. The topological polar surface area (TPSA) is 84.2 Å². The van der Waals surface area contributed by atoms with Crippen LogP contribution >= 0.6 is 12.4 Å². The third kappa shape index (κ3) is 2.60. The van der Waals surface area contributed by atoms with Gasteiger partial charge < -0.3 is 16.4 Å². The number of carbonyl (C=O) groups is 2. The summed E-state index contributed by atoms with van der Waals surface area (Å²) in [4.78, 5) is 22.3. The van der Waals surface area contributed by atoms with E-state index in [9.17, 15) is 9.59 Å². The number of fused-ring (bicyclic) bond motifs is 1. The number of piperidine rings is 1. The molecule has 0 unspecified atom stereocenters. The van der Waals surface area contributed by atoms with E-state index in [2.05, 4.69) is 10.6 Å². The van der Waals surface area contributed by atoms with Gasteiger partial charge in [0.1, 0.15) is 6.04 Å². The zero-order valence-corrected chi connectivity index (χ0v) is 9.34. The molecule has 86 valence electrons. The van der Waals surface area contributed by atoms with E-state index in [-0.39, 0.29) is 24.4 Å². The smallest absolute Gasteiger partial charge is 0.239 e. The van der Waals surface area contributed by atoms with Crippen molar-refractivity contribution in [2.24, 2.45) is 11.7 Å². The van der Waals surface area contributed by atoms with Crippen LogP contribution in [0.1, 0.15) is 19.8 Å². The van der Waals surface area contributed by atoms with E-state index in [4.69, 9.17) is 5.73 Å². The lowest BCUT2D eigenvalue weighted by molar-refractivity contribution is -0.128. The number of rotatable bonds is 3. The SMILES string of the molecule is C[C@H](NC(=O)[C@@H]1C[C@@H]2C[C@@H]2N1)C(N)=O.Cl. The molecule has 1 heterocycles. The molecule has 0 aromatic carbocycles. The molecule has 0 aromatic rings. The molecule has 1 saturated heterocycles. The van der Waals surface area contributed by atoms with E-state index >= 15 is 0 Å². The minimum absolute atomic E-state index is 0. The first kappa shape index (κ1) is 12.3. The van der Waals surface area contributed by atoms with Gasteiger partial charge >= 0.3 is 0 Å². The van der Waals surface area contributed by atoms with Crippen LogP contribution in [0.25, 0.3) is 0 Å². The van der Waals surface area contributed by atoms with Crippen LogP contribution in [0.4, 0.5) is 0 Å². The van der Waals surface area contributed by atoms with Gasteiger partial charge in [0.05, 0.1) is 6.04 Å². The monoisotopic (exact) mass is 233 g/mol. The second-order valence-electron chi connectivity index (χ2n) is 4.19. The van der Waals surface area contributed by atoms with Crippen LogP contribution in [-0.4, -0.2) is 29.9 Å². The maximum atomic E-state index is 11.5. The number of hydrogen-bond acceptors (Lipinski definition) is 3. The summed E-state index contributed by atoms with van der Waals surface area (Å²) < 4.78 is 0. The van der Waals surface area contributed by atoms with Crippen LogP contribution < -0.4 is 16.4 Å². The van der Waals surface area contributed by atoms with E-state index < -0.39 is 11.9 Å². The molecule has 4 atom stereocenters. The van der Waals surface area contributed by atoms with Crippen molar-refractivity contribution in [3.8, 4) is 0 Å². The van der Waals surface area contributed by atoms with Crippen LogP contribution in [-0.2, 0) is 9.59 Å². The minimum atomic E-state index is -0.582. The predicted molar refractivity (Wildman–Crippen MR) is 57.5 cm³/mol. The Morgan fingerprint density at radius 2 is 2.13 bits per heavy atom. The summed E-state index contributed by atoms with van der Waals surface area (Å²) in [5.41, 5.74) is 5.04. The standard InChI is InChI=1S/C9H15N3O2.ClH/c1-4(8(10)13)11-9(14)7-3-5-2-6(5)12-7;/h4-7,12H,2-3H2,1H3,(H2,10,13)(H,11,14);1H/t4-,5-,6-,7-;/m0./s1. The molecule has 1 aliphatic heterocycles. The second-order valence-corrected chi connectivity index (χ2v) is 4.19. The fourth-order valence-electron chi connectivity index (χ4n) is 1.91. The van der Waals surface area contributed by atoms with Crippen molar-refractivity contribution in [3.63, 3.8) is 0 Å². The van der Waals surface area contributed by atoms with Gasteiger partial charge in [-0.05, 0) is 25.7 Å². The summed E-state index contributed by atoms with van der Waals surface area (Å²) in [6.07, 6.45) is 2.08. The number of primary amides is 1. The van der Waals surface area contributed by atoms with E-state index in [1.54, 1.807) is 6.92 Å². The fraction of sp³-hybridized carbons (Fsp3) is 0.778. The Bertz CT molecular complexity index is 275. The average Bonchev–Trinajstić information content (AvgIpc) is 2.73. The number of nitrogens with two attached hydrogens (primary N) is 1. The summed E-state index contributed by atoms with van der Waals surface area (Å²) in [6, 6.07) is -0.170. The van der Waals surface area contributed by atoms with Gasteiger partial charge in [-0.15, -0.1) is 12.4 Å². The third-order valence-corrected chi connectivity index (χ3v) is 2.98. The molecule has 0 bridgehead atoms. The maximum Gasteiger partial charge on any atom is 0.239 e. The Balaban J connectivity index is 0.00000112. The van der Waals surface area contributed by atoms with Gasteiger partial charge in [-0.2, -0.15) is 0 Å². The quantitative estimate of drug-likeness (QED) is 0.594. The molecule has 2 aliphatic rings. The molecule has 1 aliphatic carbocycles. The van der Waals surface area contributed by atoms with Crippen molar-refractivity contribution in [3.05, 3.63) is 0 Å². The van der Waals surface area contributed by atoms with Gasteiger partial charge in [0.25, 0.3) is 0 Å². The highest BCUT2D eigenvalue weighted by molar-refractivity contribution is 5.89. The fourth-order valence-corrected chi connectivity index (χ4v) is 1.91. The van der Waals surface area contributed by atoms with E-state index in [1.807, 2.05) is 0 Å². The lowest BCUT2D eigenvalue weighted by Crippen LogP contribution is -2.49. The van der Waals surface area contributed by atoms with Crippen molar-refractivity contribution in [2.75, 3.05) is 0 Å². The zero-order chi connectivity index (χ0) is 10.3. The first-order valence-corrected chi connectivity index (χ1v) is 4.93. The van der Waals surface area contributed by atoms with Gasteiger partial charge in [-0.1, -0.05) is 0 Å². The number of amides is 2. The zero-order valence-electron chi connectivity index (χ0n) is 8.53. The Hall–Kier alpha value is -0.810. The third-order valence-electron chi connectivity index (χ3n) is 2.98. The largest absolute Gasteiger partial charge is 0.368 e. The highest BCUT2D eigenvalue weighted by Crippen LogP contribution is 2.40. The number of carbonyl (C=O) groups excluding carboxylic acids is 2. The van der Waals surface area contributed by atoms with Gasteiger partial charge in [0.2, 0.25) is 11.8 Å². The second kappa shape index (κ2) is 4.37. The van der Waals surface area contributed by atoms with Crippen LogP contribution in [0.5, 0.6) is 0 Å². The highest BCUT2D eigenvalue weighted by Gasteiger charge is 2.47. The Kier molecular flexibility index (Phi) is 3.57. The molecule has 15 heavy (non-hydrogen) atoms. The van der Waals surface area contributed by atoms with E-state index in [0.29, 0.717) is 12.0 Å². The highest BCUT2D eigenvalue weighted by atomic mass is 35.5. The van der Waals surface area contributed by atoms with Crippen LogP contribution in [0.2, 0.25) is 0 Å². The van der Waals surface area contributed by atoms with Gasteiger partial charge in [-0.3, -0.25) is 9.59 Å². The lowest BCUT2D eigenvalue weighted by atomic mass is 10.1. The molecule has 0 aromatic heterocycles. The molecule has 2 fully saturated rings. The molecule has 4 N–H and O–H groups in total. The van der Waals surface area contributed by atoms with Crippen molar-refractivity contribution in [1.29, 1.82) is 0 Å². The summed E-state index contributed by atoms with van der Waals surface area (Å²) in [5.74, 6) is 0.0691. The lowest BCUT2D eigenvalue weighted by Gasteiger charge is -2.16. The maximum absolute atomic E-state index is 11.5. The first-order chi connectivity index (χ1) is 6.58. The number of hydrogen-bond donors (Lipinski definition) is 3. The normalized spacial score (nSPS) is 33.5. The molecule has 2 rings (SSSR count). The molecule has 5 nitrogen and oxygen atoms in total. The molecule has 2 amide bonds. The van der Waals surface area contributed by atoms with Crippen LogP contribution in [0.3, 0.4) is 0 Å². The van der Waals surface area contributed by atoms with Gasteiger partial charge in [0, 0.05) is 6.04 Å². The summed E-state index contributed by atoms with van der Waals surface area (Å²) in [6.45, 7) is 1.59. The van der Waals surface area contributed by atoms with E-state index in [1.165, 1.54) is 6.42 Å². The Morgan fingerprint density at radius 1 is 1.47 bits per heavy atom. The summed E-state index contributed by atoms with van der Waals surface area (Å²) in [7, 11) is 0. The van der Waals surface area contributed by atoms with Crippen LogP contribution in [0.15, 0.2) is 0 Å².